The molecule has 0 saturated heterocycles. The van der Waals surface area contributed by atoms with Crippen molar-refractivity contribution in [3.63, 3.8) is 0 Å². The summed E-state index contributed by atoms with van der Waals surface area (Å²) in [7, 11) is 0. The first-order chi connectivity index (χ1) is 10.1. The number of nitrogens with one attached hydrogen (secondary N) is 1. The Morgan fingerprint density at radius 1 is 1.38 bits per heavy atom. The van der Waals surface area contributed by atoms with E-state index in [1.54, 1.807) is 24.3 Å². The Labute approximate surface area is 125 Å². The van der Waals surface area contributed by atoms with Crippen LogP contribution in [0.3, 0.4) is 0 Å². The average Bonchev–Trinajstić information content (AvgIpc) is 2.46. The maximum absolute atomic E-state index is 13.5. The molecule has 3 N–H and O–H groups in total. The smallest absolute Gasteiger partial charge is 0.258 e. The highest BCUT2D eigenvalue weighted by molar-refractivity contribution is 7.80. The summed E-state index contributed by atoms with van der Waals surface area (Å²) in [6, 6.07) is 8.02. The van der Waals surface area contributed by atoms with Gasteiger partial charge in [-0.3, -0.25) is 9.78 Å². The van der Waals surface area contributed by atoms with Gasteiger partial charge in [-0.15, -0.1) is 0 Å². The molecule has 5 nitrogen and oxygen atoms in total. The molecule has 0 aliphatic heterocycles. The van der Waals surface area contributed by atoms with Crippen LogP contribution in [0, 0.1) is 5.82 Å². The number of halogens is 1. The Morgan fingerprint density at radius 2 is 2.14 bits per heavy atom. The summed E-state index contributed by atoms with van der Waals surface area (Å²) in [6.07, 6.45) is 2.32. The lowest BCUT2D eigenvalue weighted by atomic mass is 10.2. The van der Waals surface area contributed by atoms with E-state index in [0.717, 1.165) is 6.20 Å². The van der Waals surface area contributed by atoms with Gasteiger partial charge in [0.2, 0.25) is 0 Å². The van der Waals surface area contributed by atoms with Crippen molar-refractivity contribution in [2.24, 2.45) is 5.73 Å². The highest BCUT2D eigenvalue weighted by atomic mass is 32.1. The van der Waals surface area contributed by atoms with Crippen molar-refractivity contribution < 1.29 is 13.9 Å². The van der Waals surface area contributed by atoms with E-state index in [1.165, 1.54) is 12.3 Å². The molecular formula is C14H12FN3O2S. The lowest BCUT2D eigenvalue weighted by Crippen LogP contribution is -2.19. The minimum Gasteiger partial charge on any atom is -0.484 e. The molecule has 1 heterocycles. The first kappa shape index (κ1) is 14.9. The van der Waals surface area contributed by atoms with Crippen molar-refractivity contribution >= 4 is 28.8 Å². The molecule has 0 saturated carbocycles. The monoisotopic (exact) mass is 305 g/mol. The highest BCUT2D eigenvalue weighted by Gasteiger charge is 2.13. The van der Waals surface area contributed by atoms with Gasteiger partial charge in [0.05, 0.1) is 17.4 Å². The van der Waals surface area contributed by atoms with Crippen LogP contribution in [0.4, 0.5) is 10.1 Å². The van der Waals surface area contributed by atoms with Crippen molar-refractivity contribution in [2.75, 3.05) is 11.9 Å². The third-order valence-corrected chi connectivity index (χ3v) is 2.64. The maximum atomic E-state index is 13.5. The van der Waals surface area contributed by atoms with Crippen molar-refractivity contribution in [3.05, 3.63) is 54.1 Å². The van der Waals surface area contributed by atoms with Gasteiger partial charge in [-0.1, -0.05) is 24.4 Å². The number of nitrogens with zero attached hydrogens (tertiary/aromatic N) is 1. The van der Waals surface area contributed by atoms with Crippen LogP contribution in [-0.4, -0.2) is 22.5 Å². The van der Waals surface area contributed by atoms with E-state index in [2.05, 4.69) is 10.3 Å². The van der Waals surface area contributed by atoms with Gasteiger partial charge >= 0.3 is 0 Å². The second kappa shape index (κ2) is 6.76. The summed E-state index contributed by atoms with van der Waals surface area (Å²) in [5.41, 5.74) is 5.66. The summed E-state index contributed by atoms with van der Waals surface area (Å²) in [5.74, 6) is -0.897. The number of pyridine rings is 1. The van der Waals surface area contributed by atoms with Crippen LogP contribution in [0.2, 0.25) is 0 Å². The van der Waals surface area contributed by atoms with Crippen LogP contribution < -0.4 is 15.8 Å². The van der Waals surface area contributed by atoms with Crippen LogP contribution in [-0.2, 0) is 0 Å². The predicted octanol–water partition coefficient (Wildman–Crippen LogP) is 2.14. The Hall–Kier alpha value is -2.54. The molecule has 1 aromatic carbocycles. The van der Waals surface area contributed by atoms with E-state index in [1.807, 2.05) is 0 Å². The quantitative estimate of drug-likeness (QED) is 0.828. The van der Waals surface area contributed by atoms with E-state index in [4.69, 9.17) is 22.7 Å². The molecular weight excluding hydrogens is 293 g/mol. The molecule has 0 radical (unpaired) electrons. The molecule has 0 fully saturated rings. The van der Waals surface area contributed by atoms with E-state index < -0.39 is 11.7 Å². The summed E-state index contributed by atoms with van der Waals surface area (Å²) >= 11 is 4.73. The number of amides is 1. The van der Waals surface area contributed by atoms with Gasteiger partial charge in [0.25, 0.3) is 5.91 Å². The lowest BCUT2D eigenvalue weighted by molar-refractivity contribution is 0.102. The van der Waals surface area contributed by atoms with Crippen LogP contribution in [0.5, 0.6) is 5.75 Å². The first-order valence-electron chi connectivity index (χ1n) is 5.99. The van der Waals surface area contributed by atoms with Crippen LogP contribution in [0.25, 0.3) is 0 Å². The molecule has 0 aliphatic rings. The number of hydrogen-bond acceptors (Lipinski definition) is 4. The molecule has 1 aromatic heterocycles. The molecule has 7 heteroatoms. The van der Waals surface area contributed by atoms with E-state index >= 15 is 0 Å². The number of nitrogens with two attached hydrogens (primary N) is 1. The second-order valence-electron chi connectivity index (χ2n) is 4.06. The molecule has 0 spiro atoms. The number of anilines is 1. The highest BCUT2D eigenvalue weighted by Crippen LogP contribution is 2.24. The molecule has 108 valence electrons. The zero-order valence-electron chi connectivity index (χ0n) is 10.9. The zero-order valence-corrected chi connectivity index (χ0v) is 11.7. The number of ether oxygens (including phenoxy) is 1. The van der Waals surface area contributed by atoms with E-state index in [-0.39, 0.29) is 17.2 Å². The average molecular weight is 305 g/mol. The Kier molecular flexibility index (Phi) is 4.78. The lowest BCUT2D eigenvalue weighted by Gasteiger charge is -2.12. The molecule has 2 rings (SSSR count). The fourth-order valence-corrected chi connectivity index (χ4v) is 1.65. The van der Waals surface area contributed by atoms with Gasteiger partial charge in [0, 0.05) is 6.20 Å². The molecule has 0 bridgehead atoms. The summed E-state index contributed by atoms with van der Waals surface area (Å²) in [5, 5.41) is 2.58. The Balaban J connectivity index is 2.18. The minimum absolute atomic E-state index is 0.0475. The van der Waals surface area contributed by atoms with Crippen molar-refractivity contribution in [3.8, 4) is 5.75 Å². The number of aromatic nitrogens is 1. The van der Waals surface area contributed by atoms with Gasteiger partial charge in [0.15, 0.2) is 5.82 Å². The van der Waals surface area contributed by atoms with E-state index in [0.29, 0.717) is 11.4 Å². The largest absolute Gasteiger partial charge is 0.484 e. The van der Waals surface area contributed by atoms with Crippen LogP contribution >= 0.6 is 12.2 Å². The fraction of sp³-hybridized carbons (Fsp3) is 0.0714. The number of carbonyl (C=O) groups is 1. The molecule has 0 atom stereocenters. The van der Waals surface area contributed by atoms with Gasteiger partial charge in [0.1, 0.15) is 17.3 Å². The van der Waals surface area contributed by atoms with Gasteiger partial charge in [-0.05, 0) is 18.2 Å². The molecule has 21 heavy (non-hydrogen) atoms. The van der Waals surface area contributed by atoms with Gasteiger partial charge in [-0.25, -0.2) is 4.39 Å². The van der Waals surface area contributed by atoms with Crippen LogP contribution in [0.15, 0.2) is 42.7 Å². The maximum Gasteiger partial charge on any atom is 0.258 e. The summed E-state index contributed by atoms with van der Waals surface area (Å²) in [6.45, 7) is 0.0475. The third kappa shape index (κ3) is 3.96. The Morgan fingerprint density at radius 3 is 2.86 bits per heavy atom. The number of para-hydroxylation sites is 2. The molecule has 0 aliphatic carbocycles. The normalized spacial score (nSPS) is 9.95. The number of benzene rings is 1. The minimum atomic E-state index is -0.698. The first-order valence-corrected chi connectivity index (χ1v) is 6.39. The molecule has 2 aromatic rings. The van der Waals surface area contributed by atoms with Crippen molar-refractivity contribution in [2.45, 2.75) is 0 Å². The fourth-order valence-electron chi connectivity index (χ4n) is 1.59. The zero-order chi connectivity index (χ0) is 15.2. The topological polar surface area (TPSA) is 77.2 Å². The standard InChI is InChI=1S/C14H12FN3O2S/c15-10-7-17-6-5-9(10)14(19)18-11-3-1-2-4-12(11)20-8-13(16)21/h1-7H,8H2,(H2,16,21)(H,18,19). The number of thiocarbonyl (C=S) groups is 1. The Bertz CT molecular complexity index is 679. The predicted molar refractivity (Wildman–Crippen MR) is 80.9 cm³/mol. The number of hydrogen-bond donors (Lipinski definition) is 2. The molecule has 0 unspecified atom stereocenters. The van der Waals surface area contributed by atoms with Gasteiger partial charge < -0.3 is 15.8 Å². The summed E-state index contributed by atoms with van der Waals surface area (Å²) < 4.78 is 18.9. The SMILES string of the molecule is NC(=S)COc1ccccc1NC(=O)c1ccncc1F. The molecule has 1 amide bonds. The van der Waals surface area contributed by atoms with Crippen LogP contribution in [0.1, 0.15) is 10.4 Å². The third-order valence-electron chi connectivity index (χ3n) is 2.52. The summed E-state index contributed by atoms with van der Waals surface area (Å²) in [4.78, 5) is 15.8. The number of carbonyl (C=O) groups excluding carboxylic acids is 1. The van der Waals surface area contributed by atoms with Gasteiger partial charge in [-0.2, -0.15) is 0 Å². The van der Waals surface area contributed by atoms with Crippen molar-refractivity contribution in [1.82, 2.24) is 4.98 Å². The number of rotatable bonds is 5. The van der Waals surface area contributed by atoms with E-state index in [9.17, 15) is 9.18 Å². The second-order valence-corrected chi connectivity index (χ2v) is 4.59. The van der Waals surface area contributed by atoms with Crippen molar-refractivity contribution in [1.29, 1.82) is 0 Å².